The number of aliphatic hydroxyl groups is 2. The number of halogens is 2. The Balaban J connectivity index is 2.17. The number of hydrogen-bond donors (Lipinski definition) is 3. The first-order valence-corrected chi connectivity index (χ1v) is 12.0. The SMILES string of the molecule is C=CCCc1nc(C2CC2)c(/C=C/C(O)CC(O)CC(=O)O)c(-c2ccc(F)cc2Cl)c1COC. The van der Waals surface area contributed by atoms with Crippen molar-refractivity contribution in [1.82, 2.24) is 4.98 Å². The molecule has 0 radical (unpaired) electrons. The van der Waals surface area contributed by atoms with Crippen LogP contribution in [0.1, 0.15) is 60.5 Å². The molecule has 2 aromatic rings. The van der Waals surface area contributed by atoms with Gasteiger partial charge in [-0.1, -0.05) is 29.8 Å². The molecule has 1 heterocycles. The number of methoxy groups -OCH3 is 1. The van der Waals surface area contributed by atoms with Crippen molar-refractivity contribution < 1.29 is 29.2 Å². The fourth-order valence-corrected chi connectivity index (χ4v) is 4.40. The molecule has 0 bridgehead atoms. The van der Waals surface area contributed by atoms with Gasteiger partial charge in [-0.3, -0.25) is 9.78 Å². The number of allylic oxidation sites excluding steroid dienone is 1. The van der Waals surface area contributed by atoms with Gasteiger partial charge in [-0.2, -0.15) is 0 Å². The van der Waals surface area contributed by atoms with Crippen molar-refractivity contribution in [3.8, 4) is 11.1 Å². The maximum atomic E-state index is 13.9. The van der Waals surface area contributed by atoms with Gasteiger partial charge in [0.05, 0.1) is 36.0 Å². The summed E-state index contributed by atoms with van der Waals surface area (Å²) < 4.78 is 19.4. The van der Waals surface area contributed by atoms with Gasteiger partial charge in [-0.15, -0.1) is 6.58 Å². The number of carbonyl (C=O) groups is 1. The number of hydrogen-bond acceptors (Lipinski definition) is 5. The molecule has 2 unspecified atom stereocenters. The van der Waals surface area contributed by atoms with E-state index in [1.807, 2.05) is 6.08 Å². The van der Waals surface area contributed by atoms with E-state index in [1.165, 1.54) is 18.2 Å². The fourth-order valence-electron chi connectivity index (χ4n) is 4.14. The number of benzene rings is 1. The zero-order valence-corrected chi connectivity index (χ0v) is 20.5. The highest BCUT2D eigenvalue weighted by Crippen LogP contribution is 2.46. The van der Waals surface area contributed by atoms with Gasteiger partial charge >= 0.3 is 5.97 Å². The number of ether oxygens (including phenoxy) is 1. The lowest BCUT2D eigenvalue weighted by Crippen LogP contribution is -2.19. The van der Waals surface area contributed by atoms with E-state index in [-0.39, 0.29) is 24.0 Å². The first-order chi connectivity index (χ1) is 16.7. The van der Waals surface area contributed by atoms with Crippen LogP contribution >= 0.6 is 11.6 Å². The van der Waals surface area contributed by atoms with E-state index in [0.29, 0.717) is 12.0 Å². The number of aromatic nitrogens is 1. The highest BCUT2D eigenvalue weighted by Gasteiger charge is 2.31. The second-order valence-electron chi connectivity index (χ2n) is 8.78. The summed E-state index contributed by atoms with van der Waals surface area (Å²) in [5.74, 6) is -1.33. The molecule has 35 heavy (non-hydrogen) atoms. The molecule has 1 fully saturated rings. The Morgan fingerprint density at radius 1 is 1.37 bits per heavy atom. The maximum Gasteiger partial charge on any atom is 0.305 e. The molecule has 1 aromatic heterocycles. The Hall–Kier alpha value is -2.58. The van der Waals surface area contributed by atoms with Crippen molar-refractivity contribution in [3.05, 3.63) is 70.3 Å². The summed E-state index contributed by atoms with van der Waals surface area (Å²) in [6.07, 6.45) is 5.61. The first-order valence-electron chi connectivity index (χ1n) is 11.6. The number of pyridine rings is 1. The van der Waals surface area contributed by atoms with Gasteiger partial charge in [0, 0.05) is 41.8 Å². The van der Waals surface area contributed by atoms with Gasteiger partial charge in [-0.25, -0.2) is 4.39 Å². The van der Waals surface area contributed by atoms with Crippen LogP contribution < -0.4 is 0 Å². The second kappa shape index (κ2) is 12.4. The maximum absolute atomic E-state index is 13.9. The summed E-state index contributed by atoms with van der Waals surface area (Å²) in [5, 5.41) is 29.5. The quantitative estimate of drug-likeness (QED) is 0.321. The predicted molar refractivity (Wildman–Crippen MR) is 134 cm³/mol. The molecular weight excluding hydrogens is 473 g/mol. The van der Waals surface area contributed by atoms with Crippen LogP contribution in [0.3, 0.4) is 0 Å². The van der Waals surface area contributed by atoms with E-state index in [9.17, 15) is 19.4 Å². The molecule has 8 heteroatoms. The molecule has 1 aromatic carbocycles. The van der Waals surface area contributed by atoms with E-state index >= 15 is 0 Å². The van der Waals surface area contributed by atoms with Crippen LogP contribution in [-0.4, -0.2) is 45.6 Å². The summed E-state index contributed by atoms with van der Waals surface area (Å²) >= 11 is 6.51. The highest BCUT2D eigenvalue weighted by molar-refractivity contribution is 6.33. The molecule has 3 rings (SSSR count). The molecular formula is C27H31ClFNO5. The van der Waals surface area contributed by atoms with Crippen LogP contribution in [0.4, 0.5) is 4.39 Å². The van der Waals surface area contributed by atoms with Crippen molar-refractivity contribution >= 4 is 23.6 Å². The zero-order chi connectivity index (χ0) is 25.5. The third-order valence-electron chi connectivity index (χ3n) is 5.90. The minimum atomic E-state index is -1.18. The van der Waals surface area contributed by atoms with Crippen LogP contribution in [0, 0.1) is 5.82 Å². The second-order valence-corrected chi connectivity index (χ2v) is 9.19. The number of nitrogens with zero attached hydrogens (tertiary/aromatic N) is 1. The zero-order valence-electron chi connectivity index (χ0n) is 19.7. The molecule has 6 nitrogen and oxygen atoms in total. The van der Waals surface area contributed by atoms with Crippen LogP contribution in [0.15, 0.2) is 36.9 Å². The van der Waals surface area contributed by atoms with Crippen LogP contribution in [0.25, 0.3) is 17.2 Å². The van der Waals surface area contributed by atoms with Crippen molar-refractivity contribution in [1.29, 1.82) is 0 Å². The number of aryl methyl sites for hydroxylation is 1. The largest absolute Gasteiger partial charge is 0.481 e. The van der Waals surface area contributed by atoms with Crippen molar-refractivity contribution in [3.63, 3.8) is 0 Å². The van der Waals surface area contributed by atoms with Crippen molar-refractivity contribution in [2.75, 3.05) is 7.11 Å². The molecule has 0 aliphatic heterocycles. The Labute approximate surface area is 209 Å². The number of rotatable bonds is 13. The van der Waals surface area contributed by atoms with Crippen LogP contribution in [0.2, 0.25) is 5.02 Å². The summed E-state index contributed by atoms with van der Waals surface area (Å²) in [6, 6.07) is 4.24. The topological polar surface area (TPSA) is 99.9 Å². The smallest absolute Gasteiger partial charge is 0.305 e. The fraction of sp³-hybridized carbons (Fsp3) is 0.407. The summed E-state index contributed by atoms with van der Waals surface area (Å²) in [5.41, 5.74) is 4.70. The summed E-state index contributed by atoms with van der Waals surface area (Å²) in [6.45, 7) is 4.07. The highest BCUT2D eigenvalue weighted by atomic mass is 35.5. The van der Waals surface area contributed by atoms with Gasteiger partial charge in [0.15, 0.2) is 0 Å². The molecule has 188 valence electrons. The Bertz CT molecular complexity index is 1100. The van der Waals surface area contributed by atoms with E-state index in [4.69, 9.17) is 26.4 Å². The number of aliphatic hydroxyl groups excluding tert-OH is 2. The van der Waals surface area contributed by atoms with Crippen LogP contribution in [0.5, 0.6) is 0 Å². The lowest BCUT2D eigenvalue weighted by atomic mass is 9.89. The van der Waals surface area contributed by atoms with Gasteiger partial charge in [0.2, 0.25) is 0 Å². The Kier molecular flexibility index (Phi) is 9.57. The number of carboxylic acids is 1. The first kappa shape index (κ1) is 27.0. The Morgan fingerprint density at radius 3 is 2.71 bits per heavy atom. The third-order valence-corrected chi connectivity index (χ3v) is 6.21. The van der Waals surface area contributed by atoms with E-state index < -0.39 is 30.4 Å². The average Bonchev–Trinajstić information content (AvgIpc) is 3.62. The third kappa shape index (κ3) is 7.21. The van der Waals surface area contributed by atoms with Gasteiger partial charge in [0.1, 0.15) is 5.82 Å². The molecule has 3 N–H and O–H groups in total. The average molecular weight is 504 g/mol. The Morgan fingerprint density at radius 2 is 2.11 bits per heavy atom. The molecule has 2 atom stereocenters. The van der Waals surface area contributed by atoms with Crippen molar-refractivity contribution in [2.45, 2.75) is 63.3 Å². The van der Waals surface area contributed by atoms with E-state index in [0.717, 1.165) is 47.3 Å². The van der Waals surface area contributed by atoms with Crippen LogP contribution in [-0.2, 0) is 22.6 Å². The molecule has 0 saturated heterocycles. The van der Waals surface area contributed by atoms with E-state index in [1.54, 1.807) is 19.3 Å². The summed E-state index contributed by atoms with van der Waals surface area (Å²) in [4.78, 5) is 15.8. The molecule has 1 aliphatic carbocycles. The van der Waals surface area contributed by atoms with Gasteiger partial charge in [-0.05, 0) is 49.4 Å². The monoisotopic (exact) mass is 503 g/mol. The molecule has 1 aliphatic rings. The summed E-state index contributed by atoms with van der Waals surface area (Å²) in [7, 11) is 1.59. The van der Waals surface area contributed by atoms with Crippen molar-refractivity contribution in [2.24, 2.45) is 0 Å². The molecule has 0 amide bonds. The minimum absolute atomic E-state index is 0.121. The lowest BCUT2D eigenvalue weighted by molar-refractivity contribution is -0.139. The standard InChI is InChI=1S/C27H31ClFNO5/c1-3-4-5-24-22(15-35-2)26(20-10-8-17(29)12-23(20)28)21(27(30-24)16-6-7-16)11-9-18(31)13-19(32)14-25(33)34/h3,8-12,16,18-19,31-32H,1,4-7,13-15H2,2H3,(H,33,34)/b11-9+. The number of aliphatic carboxylic acids is 1. The molecule has 0 spiro atoms. The minimum Gasteiger partial charge on any atom is -0.481 e. The lowest BCUT2D eigenvalue weighted by Gasteiger charge is -2.21. The van der Waals surface area contributed by atoms with E-state index in [2.05, 4.69) is 6.58 Å². The predicted octanol–water partition coefficient (Wildman–Crippen LogP) is 5.28. The molecule has 1 saturated carbocycles. The van der Waals surface area contributed by atoms with Gasteiger partial charge in [0.25, 0.3) is 0 Å². The number of carboxylic acid groups (broad SMARTS) is 1. The normalized spacial score (nSPS) is 15.3. The van der Waals surface area contributed by atoms with Gasteiger partial charge < -0.3 is 20.1 Å².